The molecule has 0 spiro atoms. The molecule has 1 aromatic rings. The van der Waals surface area contributed by atoms with Crippen LogP contribution in [0.2, 0.25) is 0 Å². The molecule has 0 aliphatic heterocycles. The Morgan fingerprint density at radius 1 is 0.659 bits per heavy atom. The van der Waals surface area contributed by atoms with Gasteiger partial charge in [-0.25, -0.2) is 0 Å². The van der Waals surface area contributed by atoms with Crippen molar-refractivity contribution in [3.05, 3.63) is 29.8 Å². The van der Waals surface area contributed by atoms with E-state index in [0.29, 0.717) is 5.69 Å². The van der Waals surface area contributed by atoms with Crippen molar-refractivity contribution in [2.45, 2.75) is 18.0 Å². The third-order valence-electron chi connectivity index (χ3n) is 4.95. The van der Waals surface area contributed by atoms with Crippen molar-refractivity contribution in [2.24, 2.45) is 5.92 Å². The van der Waals surface area contributed by atoms with Gasteiger partial charge in [0, 0.05) is 18.8 Å². The number of amides is 3. The number of nitrogens with one attached hydrogen (secondary N) is 5. The summed E-state index contributed by atoms with van der Waals surface area (Å²) in [5.74, 6) is -4.13. The Morgan fingerprint density at radius 2 is 1.00 bits per heavy atom. The molecule has 1 aromatic carbocycles. The summed E-state index contributed by atoms with van der Waals surface area (Å²) in [6, 6.07) is 6.43. The summed E-state index contributed by atoms with van der Waals surface area (Å²) in [4.78, 5) is 110. The average molecular weight is 669 g/mol. The number of aryl methyl sites for hydroxylation is 1. The highest BCUT2D eigenvalue weighted by molar-refractivity contribution is 7.71. The summed E-state index contributed by atoms with van der Waals surface area (Å²) in [5, 5.41) is 10.4. The molecule has 0 unspecified atom stereocenters. The Morgan fingerprint density at radius 3 is 1.32 bits per heavy atom. The maximum atomic E-state index is 12.8. The van der Waals surface area contributed by atoms with E-state index in [4.69, 9.17) is 39.1 Å². The van der Waals surface area contributed by atoms with Crippen molar-refractivity contribution in [3.63, 3.8) is 0 Å². The second-order valence-electron chi connectivity index (χ2n) is 8.53. The smallest absolute Gasteiger partial charge is 0.354 e. The Hall–Kier alpha value is -1.85. The molecule has 0 aromatic heterocycles. The molecule has 0 bridgehead atoms. The van der Waals surface area contributed by atoms with Crippen molar-refractivity contribution in [2.75, 3.05) is 31.5 Å². The summed E-state index contributed by atoms with van der Waals surface area (Å²) in [7, 11) is -21.5. The SMILES string of the molecule is Cc1ccc(NC(=O)C(CNC(=O)CNC(P(=O)(O)O)P(=O)(O)O)CNC(=O)CNC(P(=O)(O)O)P(=O)(O)O)cc1. The van der Waals surface area contributed by atoms with Gasteiger partial charge in [-0.3, -0.25) is 43.3 Å². The molecule has 20 nitrogen and oxygen atoms in total. The molecule has 0 fully saturated rings. The van der Waals surface area contributed by atoms with Gasteiger partial charge in [0.1, 0.15) is 0 Å². The molecule has 0 saturated carbocycles. The summed E-state index contributed by atoms with van der Waals surface area (Å²) in [6.07, 6.45) is 0. The third-order valence-corrected chi connectivity index (χ3v) is 11.8. The molecule has 0 atom stereocenters. The maximum Gasteiger partial charge on any atom is 0.354 e. The topological polar surface area (TPSA) is 341 Å². The Labute approximate surface area is 232 Å². The van der Waals surface area contributed by atoms with E-state index in [1.54, 1.807) is 41.8 Å². The first-order chi connectivity index (χ1) is 18.5. The summed E-state index contributed by atoms with van der Waals surface area (Å²) in [6.45, 7) is -1.26. The predicted octanol–water partition coefficient (Wildman–Crippen LogP) is -2.76. The minimum Gasteiger partial charge on any atom is -0.354 e. The third kappa shape index (κ3) is 13.8. The van der Waals surface area contributed by atoms with Gasteiger partial charge in [0.25, 0.3) is 0 Å². The van der Waals surface area contributed by atoms with E-state index in [9.17, 15) is 32.6 Å². The van der Waals surface area contributed by atoms with E-state index in [-0.39, 0.29) is 0 Å². The molecule has 24 heteroatoms. The lowest BCUT2D eigenvalue weighted by atomic mass is 10.1. The second kappa shape index (κ2) is 15.0. The van der Waals surface area contributed by atoms with Crippen LogP contribution in [-0.2, 0) is 32.6 Å². The van der Waals surface area contributed by atoms with Crippen molar-refractivity contribution in [1.82, 2.24) is 21.3 Å². The molecule has 41 heavy (non-hydrogen) atoms. The first-order valence-electron chi connectivity index (χ1n) is 11.1. The summed E-state index contributed by atoms with van der Waals surface area (Å²) < 4.78 is 45.3. The normalized spacial score (nSPS) is 13.0. The number of rotatable bonds is 16. The number of carbonyl (C=O) groups excluding carboxylic acids is 3. The zero-order valence-corrected chi connectivity index (χ0v) is 24.7. The van der Waals surface area contributed by atoms with Gasteiger partial charge in [-0.05, 0) is 19.1 Å². The first-order valence-corrected chi connectivity index (χ1v) is 17.8. The number of carbonyl (C=O) groups is 3. The molecular formula is C17H31N5O15P4. The monoisotopic (exact) mass is 669 g/mol. The van der Waals surface area contributed by atoms with E-state index in [1.807, 2.05) is 0 Å². The fourth-order valence-corrected chi connectivity index (χ4v) is 7.43. The lowest BCUT2D eigenvalue weighted by Crippen LogP contribution is -2.47. The molecule has 13 N–H and O–H groups in total. The van der Waals surface area contributed by atoms with Crippen LogP contribution in [0.1, 0.15) is 5.56 Å². The molecular weight excluding hydrogens is 638 g/mol. The largest absolute Gasteiger partial charge is 0.354 e. The van der Waals surface area contributed by atoms with Gasteiger partial charge in [-0.1, -0.05) is 17.7 Å². The van der Waals surface area contributed by atoms with Gasteiger partial charge >= 0.3 is 30.4 Å². The van der Waals surface area contributed by atoms with Crippen LogP contribution in [0, 0.1) is 12.8 Å². The standard InChI is InChI=1S/C17H31N5O15P4/c1-10-2-4-12(5-3-10)22-15(25)11(6-18-13(23)8-20-16(38(26,27)28)39(29,30)31)7-19-14(24)9-21-17(40(32,33)34)41(35,36)37/h2-5,11,16-17,20-21H,6-9H2,1H3,(H,18,23)(H,19,24)(H,22,25)(H2,26,27,28)(H2,29,30,31)(H2,32,33,34)(H2,35,36,37). The lowest BCUT2D eigenvalue weighted by Gasteiger charge is -2.22. The van der Waals surface area contributed by atoms with Gasteiger partial charge < -0.3 is 55.1 Å². The van der Waals surface area contributed by atoms with Crippen LogP contribution < -0.4 is 26.6 Å². The molecule has 0 heterocycles. The minimum atomic E-state index is -5.38. The first kappa shape index (κ1) is 37.2. The van der Waals surface area contributed by atoms with Crippen molar-refractivity contribution < 1.29 is 71.8 Å². The zero-order valence-electron chi connectivity index (χ0n) is 21.1. The van der Waals surface area contributed by atoms with Gasteiger partial charge in [0.2, 0.25) is 28.8 Å². The highest BCUT2D eigenvalue weighted by atomic mass is 31.2. The highest BCUT2D eigenvalue weighted by Crippen LogP contribution is 2.58. The quantitative estimate of drug-likeness (QED) is 0.0793. The second-order valence-corrected chi connectivity index (χ2v) is 16.1. The van der Waals surface area contributed by atoms with Gasteiger partial charge in [0.15, 0.2) is 0 Å². The number of benzene rings is 1. The number of anilines is 1. The van der Waals surface area contributed by atoms with E-state index in [1.165, 1.54) is 0 Å². The molecule has 0 radical (unpaired) electrons. The fourth-order valence-electron chi connectivity index (χ4n) is 2.97. The van der Waals surface area contributed by atoms with Gasteiger partial charge in [-0.2, -0.15) is 0 Å². The molecule has 0 aliphatic rings. The number of hydrogen-bond donors (Lipinski definition) is 13. The Kier molecular flexibility index (Phi) is 13.6. The van der Waals surface area contributed by atoms with Crippen molar-refractivity contribution >= 4 is 53.8 Å². The molecule has 1 rings (SSSR count). The van der Waals surface area contributed by atoms with E-state index in [0.717, 1.165) is 5.56 Å². The zero-order chi connectivity index (χ0) is 31.8. The van der Waals surface area contributed by atoms with Gasteiger partial charge in [-0.15, -0.1) is 0 Å². The van der Waals surface area contributed by atoms with Crippen LogP contribution in [-0.4, -0.2) is 94.1 Å². The van der Waals surface area contributed by atoms with Crippen LogP contribution in [0.4, 0.5) is 5.69 Å². The van der Waals surface area contributed by atoms with Crippen LogP contribution >= 0.6 is 30.4 Å². The van der Waals surface area contributed by atoms with Crippen LogP contribution in [0.15, 0.2) is 24.3 Å². The lowest BCUT2D eigenvalue weighted by molar-refractivity contribution is -0.122. The van der Waals surface area contributed by atoms with E-state index >= 15 is 0 Å². The van der Waals surface area contributed by atoms with Crippen molar-refractivity contribution in [1.29, 1.82) is 0 Å². The maximum absolute atomic E-state index is 12.8. The van der Waals surface area contributed by atoms with E-state index in [2.05, 4.69) is 16.0 Å². The van der Waals surface area contributed by atoms with Crippen LogP contribution in [0.5, 0.6) is 0 Å². The molecule has 0 saturated heterocycles. The van der Waals surface area contributed by atoms with Crippen molar-refractivity contribution in [3.8, 4) is 0 Å². The molecule has 0 aliphatic carbocycles. The average Bonchev–Trinajstić information content (AvgIpc) is 2.77. The molecule has 3 amide bonds. The minimum absolute atomic E-state index is 0.323. The Balaban J connectivity index is 2.90. The summed E-state index contributed by atoms with van der Waals surface area (Å²) >= 11 is 0. The van der Waals surface area contributed by atoms with Crippen LogP contribution in [0.25, 0.3) is 0 Å². The number of hydrogen-bond acceptors (Lipinski definition) is 9. The Bertz CT molecular complexity index is 1160. The predicted molar refractivity (Wildman–Crippen MR) is 141 cm³/mol. The molecule has 234 valence electrons. The van der Waals surface area contributed by atoms with Gasteiger partial charge in [0.05, 0.1) is 19.0 Å². The van der Waals surface area contributed by atoms with E-state index < -0.39 is 91.2 Å². The fraction of sp³-hybridized carbons (Fsp3) is 0.471. The van der Waals surface area contributed by atoms with Crippen LogP contribution in [0.3, 0.4) is 0 Å². The highest BCUT2D eigenvalue weighted by Gasteiger charge is 2.44. The summed E-state index contributed by atoms with van der Waals surface area (Å²) in [5.41, 5.74) is -4.15.